The zero-order chi connectivity index (χ0) is 22.6. The number of sulfonamides is 1. The zero-order valence-electron chi connectivity index (χ0n) is 18.7. The Kier molecular flexibility index (Phi) is 7.87. The molecule has 1 atom stereocenters. The Morgan fingerprint density at radius 2 is 1.61 bits per heavy atom. The lowest BCUT2D eigenvalue weighted by Crippen LogP contribution is -2.47. The quantitative estimate of drug-likeness (QED) is 0.455. The smallest absolute Gasteiger partial charge is 0.293 e. The largest absolute Gasteiger partial charge is 0.379 e. The summed E-state index contributed by atoms with van der Waals surface area (Å²) in [6.45, 7) is 9.83. The first-order valence-electron chi connectivity index (χ1n) is 10.8. The van der Waals surface area contributed by atoms with Crippen LogP contribution in [0.2, 0.25) is 0 Å². The molecule has 0 aromatic heterocycles. The summed E-state index contributed by atoms with van der Waals surface area (Å²) < 4.78 is 27.3. The Morgan fingerprint density at radius 1 is 1.03 bits per heavy atom. The predicted octanol–water partition coefficient (Wildman–Crippen LogP) is 0.826. The zero-order valence-corrected chi connectivity index (χ0v) is 19.5. The molecule has 2 saturated heterocycles. The molecule has 1 aromatic carbocycles. The van der Waals surface area contributed by atoms with Crippen molar-refractivity contribution in [3.63, 3.8) is 0 Å². The minimum Gasteiger partial charge on any atom is -0.379 e. The molecule has 2 aliphatic heterocycles. The maximum Gasteiger partial charge on any atom is 0.293 e. The highest BCUT2D eigenvalue weighted by Crippen LogP contribution is 2.29. The van der Waals surface area contributed by atoms with Crippen LogP contribution < -0.4 is 5.32 Å². The first kappa shape index (κ1) is 23.9. The van der Waals surface area contributed by atoms with Crippen LogP contribution in [-0.4, -0.2) is 112 Å². The van der Waals surface area contributed by atoms with Gasteiger partial charge in [-0.3, -0.25) is 10.1 Å². The number of likely N-dealkylation sites (N-methyl/N-ethyl adjacent to an activating group) is 2. The summed E-state index contributed by atoms with van der Waals surface area (Å²) >= 11 is 0. The van der Waals surface area contributed by atoms with Crippen molar-refractivity contribution in [3.05, 3.63) is 28.3 Å². The van der Waals surface area contributed by atoms with Crippen LogP contribution in [0.25, 0.3) is 0 Å². The Morgan fingerprint density at radius 3 is 2.19 bits per heavy atom. The van der Waals surface area contributed by atoms with Gasteiger partial charge < -0.3 is 20.0 Å². The summed E-state index contributed by atoms with van der Waals surface area (Å²) in [4.78, 5) is 17.9. The highest BCUT2D eigenvalue weighted by molar-refractivity contribution is 7.89. The van der Waals surface area contributed by atoms with Crippen molar-refractivity contribution in [1.82, 2.24) is 19.0 Å². The van der Waals surface area contributed by atoms with Crippen LogP contribution in [0, 0.1) is 16.0 Å². The lowest BCUT2D eigenvalue weighted by molar-refractivity contribution is -0.384. The van der Waals surface area contributed by atoms with Gasteiger partial charge in [0.2, 0.25) is 10.0 Å². The average molecular weight is 455 g/mol. The van der Waals surface area contributed by atoms with Gasteiger partial charge in [-0.15, -0.1) is 0 Å². The van der Waals surface area contributed by atoms with E-state index in [1.54, 1.807) is 0 Å². The Bertz CT molecular complexity index is 864. The number of nitrogens with zero attached hydrogens (tertiary/aromatic N) is 5. The van der Waals surface area contributed by atoms with Crippen LogP contribution in [0.3, 0.4) is 0 Å². The molecule has 11 heteroatoms. The Hall–Kier alpha value is -1.79. The molecule has 3 rings (SSSR count). The highest BCUT2D eigenvalue weighted by Gasteiger charge is 2.29. The van der Waals surface area contributed by atoms with Crippen LogP contribution >= 0.6 is 0 Å². The van der Waals surface area contributed by atoms with Crippen molar-refractivity contribution >= 4 is 21.4 Å². The summed E-state index contributed by atoms with van der Waals surface area (Å²) in [5.74, 6) is 0.303. The number of piperazine rings is 2. The second kappa shape index (κ2) is 10.2. The van der Waals surface area contributed by atoms with E-state index in [2.05, 4.69) is 34.0 Å². The van der Waals surface area contributed by atoms with E-state index in [1.807, 2.05) is 7.05 Å². The fraction of sp³-hybridized carbons (Fsp3) is 0.700. The average Bonchev–Trinajstić information content (AvgIpc) is 2.74. The molecule has 0 aliphatic carbocycles. The standard InChI is InChI=1S/C20H34N6O4S/c1-17(16-24-10-6-22(2)7-11-24)15-21-19-5-4-18(14-20(19)26(27)28)31(29,30)25-12-8-23(3)9-13-25/h4-5,14,17,21H,6-13,15-16H2,1-3H3/t17-/m0/s1. The molecule has 0 radical (unpaired) electrons. The summed E-state index contributed by atoms with van der Waals surface area (Å²) in [7, 11) is 0.315. The molecule has 0 spiro atoms. The van der Waals surface area contributed by atoms with Crippen molar-refractivity contribution in [3.8, 4) is 0 Å². The van der Waals surface area contributed by atoms with Crippen molar-refractivity contribution in [2.75, 3.05) is 84.9 Å². The fourth-order valence-electron chi connectivity index (χ4n) is 3.97. The van der Waals surface area contributed by atoms with Crippen LogP contribution in [-0.2, 0) is 10.0 Å². The number of hydrogen-bond donors (Lipinski definition) is 1. The van der Waals surface area contributed by atoms with Gasteiger partial charge in [0.25, 0.3) is 5.69 Å². The normalized spacial score (nSPS) is 21.1. The molecule has 2 aliphatic rings. The lowest BCUT2D eigenvalue weighted by Gasteiger charge is -2.34. The molecule has 0 unspecified atom stereocenters. The van der Waals surface area contributed by atoms with Gasteiger partial charge in [-0.05, 0) is 32.1 Å². The monoisotopic (exact) mass is 454 g/mol. The van der Waals surface area contributed by atoms with Crippen molar-refractivity contribution in [1.29, 1.82) is 0 Å². The van der Waals surface area contributed by atoms with Gasteiger partial charge in [0.05, 0.1) is 9.82 Å². The first-order chi connectivity index (χ1) is 14.7. The van der Waals surface area contributed by atoms with E-state index in [-0.39, 0.29) is 10.6 Å². The maximum atomic E-state index is 12.9. The van der Waals surface area contributed by atoms with E-state index < -0.39 is 14.9 Å². The number of rotatable bonds is 8. The van der Waals surface area contributed by atoms with Gasteiger partial charge in [0.15, 0.2) is 0 Å². The van der Waals surface area contributed by atoms with Crippen LogP contribution in [0.1, 0.15) is 6.92 Å². The molecule has 2 fully saturated rings. The summed E-state index contributed by atoms with van der Waals surface area (Å²) in [5, 5.41) is 14.8. The van der Waals surface area contributed by atoms with E-state index in [4.69, 9.17) is 0 Å². The number of nitro benzene ring substituents is 1. The van der Waals surface area contributed by atoms with E-state index in [0.29, 0.717) is 44.3 Å². The third-order valence-electron chi connectivity index (χ3n) is 6.07. The molecule has 10 nitrogen and oxygen atoms in total. The van der Waals surface area contributed by atoms with Crippen LogP contribution in [0.15, 0.2) is 23.1 Å². The van der Waals surface area contributed by atoms with Crippen molar-refractivity contribution < 1.29 is 13.3 Å². The number of hydrogen-bond acceptors (Lipinski definition) is 8. The fourth-order valence-corrected chi connectivity index (χ4v) is 5.41. The van der Waals surface area contributed by atoms with Gasteiger partial charge in [0.1, 0.15) is 5.69 Å². The molecule has 31 heavy (non-hydrogen) atoms. The summed E-state index contributed by atoms with van der Waals surface area (Å²) in [6.07, 6.45) is 0. The molecule has 2 heterocycles. The van der Waals surface area contributed by atoms with E-state index in [0.717, 1.165) is 32.7 Å². The molecule has 0 amide bonds. The van der Waals surface area contributed by atoms with Gasteiger partial charge in [0, 0.05) is 71.5 Å². The third kappa shape index (κ3) is 6.13. The number of nitro groups is 1. The predicted molar refractivity (Wildman–Crippen MR) is 121 cm³/mol. The lowest BCUT2D eigenvalue weighted by atomic mass is 10.1. The van der Waals surface area contributed by atoms with Crippen molar-refractivity contribution in [2.24, 2.45) is 5.92 Å². The second-order valence-corrected chi connectivity index (χ2v) is 10.7. The highest BCUT2D eigenvalue weighted by atomic mass is 32.2. The molecular formula is C20H34N6O4S. The summed E-state index contributed by atoms with van der Waals surface area (Å²) in [6, 6.07) is 4.17. The van der Waals surface area contributed by atoms with E-state index in [1.165, 1.54) is 22.5 Å². The molecule has 0 saturated carbocycles. The van der Waals surface area contributed by atoms with Gasteiger partial charge >= 0.3 is 0 Å². The third-order valence-corrected chi connectivity index (χ3v) is 7.97. The first-order valence-corrected chi connectivity index (χ1v) is 12.2. The van der Waals surface area contributed by atoms with Gasteiger partial charge in [-0.2, -0.15) is 4.31 Å². The Balaban J connectivity index is 1.65. The Labute approximate surface area is 185 Å². The van der Waals surface area contributed by atoms with Crippen molar-refractivity contribution in [2.45, 2.75) is 11.8 Å². The molecule has 1 N–H and O–H groups in total. The van der Waals surface area contributed by atoms with Gasteiger partial charge in [-0.25, -0.2) is 8.42 Å². The molecule has 0 bridgehead atoms. The second-order valence-electron chi connectivity index (χ2n) is 8.73. The topological polar surface area (TPSA) is 102 Å². The summed E-state index contributed by atoms with van der Waals surface area (Å²) in [5.41, 5.74) is 0.148. The molecule has 174 valence electrons. The van der Waals surface area contributed by atoms with E-state index >= 15 is 0 Å². The van der Waals surface area contributed by atoms with Gasteiger partial charge in [-0.1, -0.05) is 6.92 Å². The minimum atomic E-state index is -3.75. The molecular weight excluding hydrogens is 420 g/mol. The number of anilines is 1. The maximum absolute atomic E-state index is 12.9. The minimum absolute atomic E-state index is 0.0280. The number of nitrogens with one attached hydrogen (secondary N) is 1. The van der Waals surface area contributed by atoms with Crippen LogP contribution in [0.5, 0.6) is 0 Å². The number of benzene rings is 1. The molecule has 1 aromatic rings. The van der Waals surface area contributed by atoms with E-state index in [9.17, 15) is 18.5 Å². The van der Waals surface area contributed by atoms with Crippen LogP contribution in [0.4, 0.5) is 11.4 Å². The SMILES string of the molecule is C[C@@H](CNc1ccc(S(=O)(=O)N2CCN(C)CC2)cc1[N+](=O)[O-])CN1CCN(C)CC1.